The monoisotopic (exact) mass is 266 g/mol. The largest absolute Gasteiger partial charge is 0.465 e. The van der Waals surface area contributed by atoms with Crippen LogP contribution >= 0.6 is 22.9 Å². The van der Waals surface area contributed by atoms with Crippen molar-refractivity contribution in [1.29, 1.82) is 0 Å². The van der Waals surface area contributed by atoms with Crippen molar-refractivity contribution in [2.45, 2.75) is 6.04 Å². The molecule has 90 valence electrons. The number of nitrogens with zero attached hydrogens (tertiary/aromatic N) is 1. The van der Waals surface area contributed by atoms with Crippen LogP contribution in [0.15, 0.2) is 0 Å². The fourth-order valence-corrected chi connectivity index (χ4v) is 2.09. The lowest BCUT2D eigenvalue weighted by Crippen LogP contribution is -2.27. The van der Waals surface area contributed by atoms with Crippen molar-refractivity contribution >= 4 is 34.0 Å². The maximum Gasteiger partial charge on any atom is 0.351 e. The Morgan fingerprint density at radius 1 is 1.62 bits per heavy atom. The molecule has 1 heterocycles. The van der Waals surface area contributed by atoms with Crippen LogP contribution in [0.25, 0.3) is 0 Å². The Morgan fingerprint density at radius 3 is 2.75 bits per heavy atom. The Hall–Kier alpha value is -0.890. The van der Waals surface area contributed by atoms with Crippen LogP contribution in [0.4, 0.5) is 5.13 Å². The molecule has 0 spiro atoms. The van der Waals surface area contributed by atoms with E-state index in [1.165, 1.54) is 7.11 Å². The summed E-state index contributed by atoms with van der Waals surface area (Å²) < 4.78 is 4.51. The van der Waals surface area contributed by atoms with E-state index in [1.807, 2.05) is 0 Å². The maximum atomic E-state index is 11.2. The van der Waals surface area contributed by atoms with Gasteiger partial charge in [0.25, 0.3) is 0 Å². The summed E-state index contributed by atoms with van der Waals surface area (Å²) in [6.45, 7) is -0.498. The molecule has 0 aromatic carbocycles. The molecule has 0 aliphatic rings. The second kappa shape index (κ2) is 6.00. The highest BCUT2D eigenvalue weighted by molar-refractivity contribution is 7.18. The van der Waals surface area contributed by atoms with Crippen molar-refractivity contribution in [3.05, 3.63) is 10.0 Å². The topological polar surface area (TPSA) is 91.7 Å². The number of esters is 1. The lowest BCUT2D eigenvalue weighted by Gasteiger charge is -2.11. The minimum Gasteiger partial charge on any atom is -0.465 e. The molecule has 8 heteroatoms. The van der Waals surface area contributed by atoms with Crippen LogP contribution in [0.3, 0.4) is 0 Å². The number of carbonyl (C=O) groups excluding carboxylic acids is 1. The SMILES string of the molecule is COC(=O)c1sc(NC(CO)CO)nc1Cl. The average molecular weight is 267 g/mol. The molecule has 0 saturated heterocycles. The Morgan fingerprint density at radius 2 is 2.25 bits per heavy atom. The summed E-state index contributed by atoms with van der Waals surface area (Å²) >= 11 is 6.72. The number of carbonyl (C=O) groups is 1. The van der Waals surface area contributed by atoms with E-state index < -0.39 is 12.0 Å². The smallest absolute Gasteiger partial charge is 0.351 e. The molecular weight excluding hydrogens is 256 g/mol. The van der Waals surface area contributed by atoms with Gasteiger partial charge in [-0.05, 0) is 0 Å². The number of aliphatic hydroxyl groups excluding tert-OH is 2. The van der Waals surface area contributed by atoms with Gasteiger partial charge in [-0.15, -0.1) is 0 Å². The Balaban J connectivity index is 2.80. The normalized spacial score (nSPS) is 10.6. The van der Waals surface area contributed by atoms with Gasteiger partial charge in [0.05, 0.1) is 26.4 Å². The maximum absolute atomic E-state index is 11.2. The number of aromatic nitrogens is 1. The predicted octanol–water partition coefficient (Wildman–Crippen LogP) is 0.348. The minimum atomic E-state index is -0.569. The van der Waals surface area contributed by atoms with Gasteiger partial charge >= 0.3 is 5.97 Å². The standard InChI is InChI=1S/C8H11ClN2O4S/c1-15-7(14)5-6(9)11-8(16-5)10-4(2-12)3-13/h4,12-13H,2-3H2,1H3,(H,10,11). The molecule has 1 rings (SSSR count). The van der Waals surface area contributed by atoms with E-state index in [4.69, 9.17) is 21.8 Å². The van der Waals surface area contributed by atoms with Crippen LogP contribution in [0.1, 0.15) is 9.67 Å². The second-order valence-electron chi connectivity index (χ2n) is 2.84. The van der Waals surface area contributed by atoms with Gasteiger partial charge < -0.3 is 20.3 Å². The lowest BCUT2D eigenvalue weighted by molar-refractivity contribution is 0.0606. The van der Waals surface area contributed by atoms with Crippen molar-refractivity contribution in [3.63, 3.8) is 0 Å². The van der Waals surface area contributed by atoms with Crippen LogP contribution in [-0.2, 0) is 4.74 Å². The molecule has 0 amide bonds. The zero-order valence-corrected chi connectivity index (χ0v) is 10.0. The molecule has 0 unspecified atom stereocenters. The van der Waals surface area contributed by atoms with Crippen LogP contribution in [0.2, 0.25) is 5.15 Å². The summed E-state index contributed by atoms with van der Waals surface area (Å²) in [5.74, 6) is -0.569. The molecule has 0 atom stereocenters. The number of methoxy groups -OCH3 is 1. The van der Waals surface area contributed by atoms with E-state index in [9.17, 15) is 4.79 Å². The summed E-state index contributed by atoms with van der Waals surface area (Å²) in [5, 5.41) is 20.8. The molecule has 16 heavy (non-hydrogen) atoms. The summed E-state index contributed by atoms with van der Waals surface area (Å²) in [6.07, 6.45) is 0. The van der Waals surface area contributed by atoms with Crippen molar-refractivity contribution in [2.75, 3.05) is 25.6 Å². The Labute approximate surface area is 101 Å². The first-order chi connectivity index (χ1) is 7.62. The number of nitrogens with one attached hydrogen (secondary N) is 1. The summed E-state index contributed by atoms with van der Waals surface area (Å²) in [5.41, 5.74) is 0. The fraction of sp³-hybridized carbons (Fsp3) is 0.500. The molecule has 0 aliphatic carbocycles. The average Bonchev–Trinajstić information content (AvgIpc) is 2.66. The molecule has 0 aliphatic heterocycles. The Kier molecular flexibility index (Phi) is 4.94. The first-order valence-corrected chi connectivity index (χ1v) is 5.54. The van der Waals surface area contributed by atoms with Gasteiger partial charge in [-0.3, -0.25) is 0 Å². The van der Waals surface area contributed by atoms with Crippen molar-refractivity contribution in [1.82, 2.24) is 4.98 Å². The molecule has 0 bridgehead atoms. The van der Waals surface area contributed by atoms with Gasteiger partial charge in [0.2, 0.25) is 0 Å². The van der Waals surface area contributed by atoms with Gasteiger partial charge in [-0.1, -0.05) is 22.9 Å². The van der Waals surface area contributed by atoms with Gasteiger partial charge in [0.15, 0.2) is 15.2 Å². The van der Waals surface area contributed by atoms with Crippen LogP contribution in [0, 0.1) is 0 Å². The highest BCUT2D eigenvalue weighted by Gasteiger charge is 2.18. The third-order valence-electron chi connectivity index (χ3n) is 1.72. The fourth-order valence-electron chi connectivity index (χ4n) is 0.905. The van der Waals surface area contributed by atoms with E-state index >= 15 is 0 Å². The van der Waals surface area contributed by atoms with Crippen LogP contribution in [0.5, 0.6) is 0 Å². The zero-order chi connectivity index (χ0) is 12.1. The lowest BCUT2D eigenvalue weighted by atomic mass is 10.3. The number of hydrogen-bond donors (Lipinski definition) is 3. The van der Waals surface area contributed by atoms with Crippen LogP contribution in [-0.4, -0.2) is 47.5 Å². The van der Waals surface area contributed by atoms with E-state index in [1.54, 1.807) is 0 Å². The Bertz CT molecular complexity index is 367. The third kappa shape index (κ3) is 3.05. The predicted molar refractivity (Wildman–Crippen MR) is 60.0 cm³/mol. The summed E-state index contributed by atoms with van der Waals surface area (Å²) in [7, 11) is 1.25. The number of aliphatic hydroxyl groups is 2. The number of ether oxygens (including phenoxy) is 1. The molecule has 0 fully saturated rings. The van der Waals surface area contributed by atoms with Gasteiger partial charge in [0.1, 0.15) is 0 Å². The van der Waals surface area contributed by atoms with Gasteiger partial charge in [-0.2, -0.15) is 0 Å². The number of hydrogen-bond acceptors (Lipinski definition) is 7. The first kappa shape index (κ1) is 13.2. The number of rotatable bonds is 5. The molecule has 0 saturated carbocycles. The highest BCUT2D eigenvalue weighted by Crippen LogP contribution is 2.27. The quantitative estimate of drug-likeness (QED) is 0.666. The molecule has 6 nitrogen and oxygen atoms in total. The van der Waals surface area contributed by atoms with E-state index in [-0.39, 0.29) is 23.2 Å². The molecular formula is C8H11ClN2O4S. The van der Waals surface area contributed by atoms with Crippen LogP contribution < -0.4 is 5.32 Å². The number of anilines is 1. The van der Waals surface area contributed by atoms with Gasteiger partial charge in [0, 0.05) is 0 Å². The summed E-state index contributed by atoms with van der Waals surface area (Å²) in [4.78, 5) is 15.3. The van der Waals surface area contributed by atoms with E-state index in [0.717, 1.165) is 11.3 Å². The van der Waals surface area contributed by atoms with E-state index in [0.29, 0.717) is 5.13 Å². The van der Waals surface area contributed by atoms with E-state index in [2.05, 4.69) is 15.0 Å². The zero-order valence-electron chi connectivity index (χ0n) is 8.44. The molecule has 0 radical (unpaired) electrons. The van der Waals surface area contributed by atoms with Crippen molar-refractivity contribution < 1.29 is 19.7 Å². The first-order valence-electron chi connectivity index (χ1n) is 4.35. The number of halogens is 1. The second-order valence-corrected chi connectivity index (χ2v) is 4.19. The minimum absolute atomic E-state index is 0.0361. The molecule has 1 aromatic heterocycles. The third-order valence-corrected chi connectivity index (χ3v) is 3.08. The molecule has 1 aromatic rings. The number of thiazole rings is 1. The molecule has 3 N–H and O–H groups in total. The van der Waals surface area contributed by atoms with Gasteiger partial charge in [-0.25, -0.2) is 9.78 Å². The summed E-state index contributed by atoms with van der Waals surface area (Å²) in [6, 6.07) is -0.535. The van der Waals surface area contributed by atoms with Crippen molar-refractivity contribution in [2.24, 2.45) is 0 Å². The highest BCUT2D eigenvalue weighted by atomic mass is 35.5. The van der Waals surface area contributed by atoms with Crippen molar-refractivity contribution in [3.8, 4) is 0 Å².